The molecular weight excluding hydrogens is 205 g/mol. The lowest BCUT2D eigenvalue weighted by molar-refractivity contribution is 0.626. The Morgan fingerprint density at radius 1 is 1.29 bits per heavy atom. The van der Waals surface area contributed by atoms with Crippen LogP contribution in [0.1, 0.15) is 5.69 Å². The summed E-state index contributed by atoms with van der Waals surface area (Å²) in [6.45, 7) is 0. The molecule has 2 rings (SSSR count). The van der Waals surface area contributed by atoms with E-state index in [1.54, 1.807) is 23.0 Å². The monoisotopic (exact) mass is 211 g/mol. The highest BCUT2D eigenvalue weighted by molar-refractivity contribution is 6.16. The summed E-state index contributed by atoms with van der Waals surface area (Å²) < 4.78 is 14.2. The van der Waals surface area contributed by atoms with Crippen molar-refractivity contribution in [2.45, 2.75) is 5.88 Å². The van der Waals surface area contributed by atoms with Crippen molar-refractivity contribution in [3.63, 3.8) is 0 Å². The second-order valence-electron chi connectivity index (χ2n) is 2.75. The highest BCUT2D eigenvalue weighted by Gasteiger charge is 2.04. The van der Waals surface area contributed by atoms with E-state index in [0.717, 1.165) is 11.4 Å². The minimum Gasteiger partial charge on any atom is -0.216 e. The van der Waals surface area contributed by atoms with E-state index >= 15 is 0 Å². The second kappa shape index (κ2) is 3.75. The number of hydrogen-bond donors (Lipinski definition) is 0. The molecule has 2 aromatic rings. The molecule has 1 heterocycles. The summed E-state index contributed by atoms with van der Waals surface area (Å²) in [5.74, 6) is 0.0472. The Kier molecular flexibility index (Phi) is 2.45. The molecule has 1 aromatic heterocycles. The van der Waals surface area contributed by atoms with Crippen LogP contribution in [0.5, 0.6) is 0 Å². The van der Waals surface area contributed by atoms with E-state index in [1.807, 2.05) is 0 Å². The summed E-state index contributed by atoms with van der Waals surface area (Å²) in [5.41, 5.74) is 1.53. The first-order chi connectivity index (χ1) is 6.81. The van der Waals surface area contributed by atoms with Crippen LogP contribution in [0.2, 0.25) is 0 Å². The van der Waals surface area contributed by atoms with Crippen molar-refractivity contribution < 1.29 is 4.39 Å². The maximum absolute atomic E-state index is 12.6. The van der Waals surface area contributed by atoms with E-state index in [4.69, 9.17) is 11.6 Å². The minimum atomic E-state index is -0.277. The molecule has 0 amide bonds. The largest absolute Gasteiger partial charge is 0.216 e. The summed E-state index contributed by atoms with van der Waals surface area (Å²) in [6, 6.07) is 5.99. The van der Waals surface area contributed by atoms with E-state index in [2.05, 4.69) is 10.3 Å². The average molecular weight is 212 g/mol. The fourth-order valence-electron chi connectivity index (χ4n) is 1.15. The highest BCUT2D eigenvalue weighted by atomic mass is 35.5. The first-order valence-corrected chi connectivity index (χ1v) is 4.56. The molecule has 0 radical (unpaired) electrons. The number of halogens is 2. The zero-order valence-corrected chi connectivity index (χ0v) is 7.95. The predicted octanol–water partition coefficient (Wildman–Crippen LogP) is 2.15. The van der Waals surface area contributed by atoms with Crippen molar-refractivity contribution in [3.05, 3.63) is 42.0 Å². The molecular formula is C9H7ClFN3. The molecule has 0 aliphatic heterocycles. The molecule has 0 aliphatic rings. The van der Waals surface area contributed by atoms with Gasteiger partial charge in [0.1, 0.15) is 5.82 Å². The first kappa shape index (κ1) is 9.15. The third-order valence-electron chi connectivity index (χ3n) is 1.83. The van der Waals surface area contributed by atoms with Crippen LogP contribution in [-0.4, -0.2) is 15.0 Å². The van der Waals surface area contributed by atoms with E-state index in [1.165, 1.54) is 12.1 Å². The minimum absolute atomic E-state index is 0.277. The molecule has 72 valence electrons. The van der Waals surface area contributed by atoms with Crippen molar-refractivity contribution in [1.29, 1.82) is 0 Å². The molecule has 5 heteroatoms. The molecule has 0 saturated heterocycles. The normalized spacial score (nSPS) is 10.4. The lowest BCUT2D eigenvalue weighted by Gasteiger charge is -2.02. The zero-order chi connectivity index (χ0) is 9.97. The quantitative estimate of drug-likeness (QED) is 0.713. The van der Waals surface area contributed by atoms with Gasteiger partial charge in [-0.25, -0.2) is 9.07 Å². The summed E-state index contributed by atoms with van der Waals surface area (Å²) in [7, 11) is 0. The Morgan fingerprint density at radius 3 is 2.64 bits per heavy atom. The van der Waals surface area contributed by atoms with Crippen LogP contribution in [0, 0.1) is 5.82 Å². The molecule has 0 unspecified atom stereocenters. The van der Waals surface area contributed by atoms with E-state index < -0.39 is 0 Å². The van der Waals surface area contributed by atoms with E-state index in [0.29, 0.717) is 5.88 Å². The standard InChI is InChI=1S/C9H7ClFN3/c10-5-9-6-12-13-14(9)8-3-1-7(11)2-4-8/h1-4,6H,5H2. The molecule has 3 nitrogen and oxygen atoms in total. The molecule has 0 spiro atoms. The van der Waals surface area contributed by atoms with Gasteiger partial charge in [0, 0.05) is 0 Å². The van der Waals surface area contributed by atoms with Gasteiger partial charge in [0.05, 0.1) is 23.5 Å². The average Bonchev–Trinajstić information content (AvgIpc) is 2.67. The van der Waals surface area contributed by atoms with E-state index in [9.17, 15) is 4.39 Å². The Morgan fingerprint density at radius 2 is 2.00 bits per heavy atom. The molecule has 0 N–H and O–H groups in total. The summed E-state index contributed by atoms with van der Waals surface area (Å²) in [4.78, 5) is 0. The van der Waals surface area contributed by atoms with Crippen LogP contribution in [0.3, 0.4) is 0 Å². The third kappa shape index (κ3) is 1.61. The lowest BCUT2D eigenvalue weighted by Crippen LogP contribution is -2.00. The molecule has 0 fully saturated rings. The molecule has 0 bridgehead atoms. The van der Waals surface area contributed by atoms with Crippen molar-refractivity contribution in [3.8, 4) is 5.69 Å². The van der Waals surface area contributed by atoms with Gasteiger partial charge in [0.2, 0.25) is 0 Å². The summed E-state index contributed by atoms with van der Waals surface area (Å²) in [6.07, 6.45) is 1.58. The van der Waals surface area contributed by atoms with Crippen molar-refractivity contribution in [1.82, 2.24) is 15.0 Å². The first-order valence-electron chi connectivity index (χ1n) is 4.03. The summed E-state index contributed by atoms with van der Waals surface area (Å²) >= 11 is 5.68. The number of nitrogens with zero attached hydrogens (tertiary/aromatic N) is 3. The van der Waals surface area contributed by atoms with Gasteiger partial charge in [0.15, 0.2) is 0 Å². The van der Waals surface area contributed by atoms with Gasteiger partial charge < -0.3 is 0 Å². The van der Waals surface area contributed by atoms with Crippen LogP contribution < -0.4 is 0 Å². The molecule has 14 heavy (non-hydrogen) atoms. The molecule has 1 aromatic carbocycles. The second-order valence-corrected chi connectivity index (χ2v) is 3.01. The molecule has 0 atom stereocenters. The van der Waals surface area contributed by atoms with Crippen LogP contribution in [0.15, 0.2) is 30.5 Å². The topological polar surface area (TPSA) is 30.7 Å². The van der Waals surface area contributed by atoms with Gasteiger partial charge in [-0.05, 0) is 24.3 Å². The van der Waals surface area contributed by atoms with Crippen LogP contribution in [0.25, 0.3) is 5.69 Å². The number of hydrogen-bond acceptors (Lipinski definition) is 2. The highest BCUT2D eigenvalue weighted by Crippen LogP contribution is 2.11. The maximum Gasteiger partial charge on any atom is 0.123 e. The Balaban J connectivity index is 2.44. The van der Waals surface area contributed by atoms with Crippen molar-refractivity contribution >= 4 is 11.6 Å². The van der Waals surface area contributed by atoms with Crippen LogP contribution in [-0.2, 0) is 5.88 Å². The molecule has 0 aliphatic carbocycles. The Hall–Kier alpha value is -1.42. The van der Waals surface area contributed by atoms with Gasteiger partial charge in [-0.3, -0.25) is 0 Å². The van der Waals surface area contributed by atoms with Crippen LogP contribution >= 0.6 is 11.6 Å². The van der Waals surface area contributed by atoms with Gasteiger partial charge in [0.25, 0.3) is 0 Å². The van der Waals surface area contributed by atoms with Gasteiger partial charge in [-0.2, -0.15) is 0 Å². The zero-order valence-electron chi connectivity index (χ0n) is 7.19. The van der Waals surface area contributed by atoms with Crippen LogP contribution in [0.4, 0.5) is 4.39 Å². The van der Waals surface area contributed by atoms with E-state index in [-0.39, 0.29) is 5.82 Å². The number of alkyl halides is 1. The van der Waals surface area contributed by atoms with Gasteiger partial charge in [-0.1, -0.05) is 5.21 Å². The number of aromatic nitrogens is 3. The Labute approximate surface area is 85.1 Å². The Bertz CT molecular complexity index is 424. The van der Waals surface area contributed by atoms with Crippen molar-refractivity contribution in [2.75, 3.05) is 0 Å². The smallest absolute Gasteiger partial charge is 0.123 e. The maximum atomic E-state index is 12.6. The third-order valence-corrected chi connectivity index (χ3v) is 2.10. The number of benzene rings is 1. The van der Waals surface area contributed by atoms with Crippen molar-refractivity contribution in [2.24, 2.45) is 0 Å². The number of rotatable bonds is 2. The lowest BCUT2D eigenvalue weighted by atomic mass is 10.3. The SMILES string of the molecule is Fc1ccc(-n2nncc2CCl)cc1. The summed E-state index contributed by atoms with van der Waals surface area (Å²) in [5, 5.41) is 7.57. The molecule has 0 saturated carbocycles. The predicted molar refractivity (Wildman–Crippen MR) is 50.9 cm³/mol. The van der Waals surface area contributed by atoms with Gasteiger partial charge in [-0.15, -0.1) is 16.7 Å². The fraction of sp³-hybridized carbons (Fsp3) is 0.111. The fourth-order valence-corrected chi connectivity index (χ4v) is 1.33. The van der Waals surface area contributed by atoms with Gasteiger partial charge >= 0.3 is 0 Å².